The molecule has 0 unspecified atom stereocenters. The van der Waals surface area contributed by atoms with Crippen molar-refractivity contribution in [2.24, 2.45) is 0 Å². The van der Waals surface area contributed by atoms with Crippen LogP contribution in [0, 0.1) is 0 Å². The number of ether oxygens (including phenoxy) is 1. The van der Waals surface area contributed by atoms with E-state index in [1.165, 1.54) is 0 Å². The van der Waals surface area contributed by atoms with E-state index in [4.69, 9.17) is 0 Å². The van der Waals surface area contributed by atoms with E-state index in [9.17, 15) is 22.4 Å². The molecule has 0 N–H and O–H groups in total. The standard InChI is InChI=1S/C4H4F4O4/c5-2-11-12-3(9)10-1-4(6,7)8/h1-2H2. The van der Waals surface area contributed by atoms with Crippen LogP contribution in [0.15, 0.2) is 0 Å². The van der Waals surface area contributed by atoms with Gasteiger partial charge < -0.3 is 4.74 Å². The molecule has 0 aromatic carbocycles. The molecule has 0 spiro atoms. The first-order valence-electron chi connectivity index (χ1n) is 2.54. The van der Waals surface area contributed by atoms with Gasteiger partial charge in [0, 0.05) is 0 Å². The van der Waals surface area contributed by atoms with Crippen LogP contribution in [-0.4, -0.2) is 25.8 Å². The Balaban J connectivity index is 3.44. The first kappa shape index (κ1) is 11.0. The number of rotatable bonds is 3. The predicted octanol–water partition coefficient (Wildman–Crippen LogP) is 1.56. The Hall–Kier alpha value is -1.05. The van der Waals surface area contributed by atoms with Crippen LogP contribution in [0.3, 0.4) is 0 Å². The van der Waals surface area contributed by atoms with Gasteiger partial charge in [-0.15, -0.1) is 4.89 Å². The Kier molecular flexibility index (Phi) is 4.34. The molecule has 0 fully saturated rings. The second-order valence-electron chi connectivity index (χ2n) is 1.46. The lowest BCUT2D eigenvalue weighted by atomic mass is 10.7. The molecular weight excluding hydrogens is 188 g/mol. The largest absolute Gasteiger partial charge is 0.540 e. The maximum Gasteiger partial charge on any atom is 0.540 e. The predicted molar refractivity (Wildman–Crippen MR) is 25.5 cm³/mol. The van der Waals surface area contributed by atoms with Gasteiger partial charge in [-0.2, -0.15) is 13.2 Å². The minimum Gasteiger partial charge on any atom is -0.423 e. The van der Waals surface area contributed by atoms with Crippen LogP contribution in [0.5, 0.6) is 0 Å². The Bertz CT molecular complexity index is 144. The van der Waals surface area contributed by atoms with Crippen LogP contribution in [0.4, 0.5) is 22.4 Å². The van der Waals surface area contributed by atoms with Crippen molar-refractivity contribution in [3.8, 4) is 0 Å². The van der Waals surface area contributed by atoms with Crippen molar-refractivity contribution in [1.82, 2.24) is 0 Å². The van der Waals surface area contributed by atoms with Crippen LogP contribution in [0.25, 0.3) is 0 Å². The van der Waals surface area contributed by atoms with Gasteiger partial charge in [-0.3, -0.25) is 4.89 Å². The Morgan fingerprint density at radius 3 is 2.33 bits per heavy atom. The van der Waals surface area contributed by atoms with Crippen LogP contribution in [-0.2, 0) is 14.5 Å². The maximum absolute atomic E-state index is 11.3. The molecule has 0 heterocycles. The van der Waals surface area contributed by atoms with Crippen LogP contribution < -0.4 is 0 Å². The van der Waals surface area contributed by atoms with E-state index in [0.717, 1.165) is 0 Å². The zero-order valence-corrected chi connectivity index (χ0v) is 5.56. The molecule has 0 bridgehead atoms. The molecule has 8 heteroatoms. The van der Waals surface area contributed by atoms with Gasteiger partial charge in [0.15, 0.2) is 6.61 Å². The van der Waals surface area contributed by atoms with E-state index in [2.05, 4.69) is 14.5 Å². The number of carbonyl (C=O) groups is 1. The summed E-state index contributed by atoms with van der Waals surface area (Å²) < 4.78 is 48.4. The van der Waals surface area contributed by atoms with Gasteiger partial charge in [0.1, 0.15) is 0 Å². The zero-order chi connectivity index (χ0) is 9.61. The second kappa shape index (κ2) is 4.75. The fraction of sp³-hybridized carbons (Fsp3) is 0.750. The summed E-state index contributed by atoms with van der Waals surface area (Å²) in [6.45, 7) is -3.26. The van der Waals surface area contributed by atoms with E-state index >= 15 is 0 Å². The molecule has 0 saturated heterocycles. The Morgan fingerprint density at radius 2 is 1.92 bits per heavy atom. The smallest absolute Gasteiger partial charge is 0.423 e. The minimum absolute atomic E-state index is 1.46. The molecule has 12 heavy (non-hydrogen) atoms. The minimum atomic E-state index is -4.64. The van der Waals surface area contributed by atoms with Gasteiger partial charge in [-0.05, 0) is 0 Å². The van der Waals surface area contributed by atoms with Crippen molar-refractivity contribution in [3.63, 3.8) is 0 Å². The highest BCUT2D eigenvalue weighted by molar-refractivity contribution is 5.58. The molecule has 0 saturated carbocycles. The Morgan fingerprint density at radius 1 is 1.33 bits per heavy atom. The highest BCUT2D eigenvalue weighted by Crippen LogP contribution is 2.14. The van der Waals surface area contributed by atoms with Crippen molar-refractivity contribution in [2.45, 2.75) is 6.18 Å². The number of hydrogen-bond donors (Lipinski definition) is 0. The van der Waals surface area contributed by atoms with Gasteiger partial charge in [-0.25, -0.2) is 9.18 Å². The van der Waals surface area contributed by atoms with Crippen molar-refractivity contribution in [2.75, 3.05) is 13.5 Å². The molecule has 0 aliphatic heterocycles. The molecule has 0 aliphatic carbocycles. The molecule has 0 atom stereocenters. The van der Waals surface area contributed by atoms with Gasteiger partial charge in [-0.1, -0.05) is 0 Å². The van der Waals surface area contributed by atoms with Crippen molar-refractivity contribution < 1.29 is 36.9 Å². The van der Waals surface area contributed by atoms with Crippen LogP contribution >= 0.6 is 0 Å². The number of alkyl halides is 4. The first-order chi connectivity index (χ1) is 5.45. The van der Waals surface area contributed by atoms with E-state index < -0.39 is 25.8 Å². The molecule has 4 nitrogen and oxygen atoms in total. The van der Waals surface area contributed by atoms with Gasteiger partial charge in [0.05, 0.1) is 0 Å². The molecule has 0 rings (SSSR count). The summed E-state index contributed by atoms with van der Waals surface area (Å²) in [7, 11) is 0. The number of hydrogen-bond acceptors (Lipinski definition) is 4. The second-order valence-corrected chi connectivity index (χ2v) is 1.46. The Labute approximate surface area is 63.9 Å². The van der Waals surface area contributed by atoms with Gasteiger partial charge in [0.2, 0.25) is 6.86 Å². The van der Waals surface area contributed by atoms with Crippen molar-refractivity contribution in [3.05, 3.63) is 0 Å². The molecular formula is C4H4F4O4. The average molecular weight is 192 g/mol. The zero-order valence-electron chi connectivity index (χ0n) is 5.56. The summed E-state index contributed by atoms with van der Waals surface area (Å²) in [5.74, 6) is 0. The summed E-state index contributed by atoms with van der Waals surface area (Å²) in [4.78, 5) is 16.7. The van der Waals surface area contributed by atoms with Gasteiger partial charge >= 0.3 is 12.3 Å². The third kappa shape index (κ3) is 7.06. The SMILES string of the molecule is O=C(OCC(F)(F)F)OOCF. The third-order valence-corrected chi connectivity index (χ3v) is 0.525. The van der Waals surface area contributed by atoms with E-state index in [1.54, 1.807) is 0 Å². The fourth-order valence-electron chi connectivity index (χ4n) is 0.235. The molecule has 0 aromatic rings. The van der Waals surface area contributed by atoms with Gasteiger partial charge in [0.25, 0.3) is 0 Å². The fourth-order valence-corrected chi connectivity index (χ4v) is 0.235. The maximum atomic E-state index is 11.3. The number of halogens is 4. The third-order valence-electron chi connectivity index (χ3n) is 0.525. The van der Waals surface area contributed by atoms with E-state index in [-0.39, 0.29) is 0 Å². The highest BCUT2D eigenvalue weighted by Gasteiger charge is 2.30. The van der Waals surface area contributed by atoms with E-state index in [1.807, 2.05) is 0 Å². The monoisotopic (exact) mass is 192 g/mol. The van der Waals surface area contributed by atoms with Crippen molar-refractivity contribution in [1.29, 1.82) is 0 Å². The molecule has 0 radical (unpaired) electrons. The van der Waals surface area contributed by atoms with Crippen LogP contribution in [0.1, 0.15) is 0 Å². The highest BCUT2D eigenvalue weighted by atomic mass is 19.4. The van der Waals surface area contributed by atoms with E-state index in [0.29, 0.717) is 0 Å². The summed E-state index contributed by atoms with van der Waals surface area (Å²) in [6, 6.07) is 0. The summed E-state index contributed by atoms with van der Waals surface area (Å²) in [5, 5.41) is 0. The average Bonchev–Trinajstić information content (AvgIpc) is 1.95. The summed E-state index contributed by atoms with van der Waals surface area (Å²) in [5.41, 5.74) is 0. The molecule has 0 aromatic heterocycles. The molecule has 0 amide bonds. The lowest BCUT2D eigenvalue weighted by Gasteiger charge is -2.05. The lowest BCUT2D eigenvalue weighted by Crippen LogP contribution is -2.20. The first-order valence-corrected chi connectivity index (χ1v) is 2.54. The summed E-state index contributed by atoms with van der Waals surface area (Å²) >= 11 is 0. The topological polar surface area (TPSA) is 44.8 Å². The lowest BCUT2D eigenvalue weighted by molar-refractivity contribution is -0.282. The quantitative estimate of drug-likeness (QED) is 0.294. The van der Waals surface area contributed by atoms with Crippen molar-refractivity contribution >= 4 is 6.16 Å². The molecule has 72 valence electrons. The number of carbonyl (C=O) groups excluding carboxylic acids is 1. The summed E-state index contributed by atoms with van der Waals surface area (Å²) in [6.07, 6.45) is -6.39. The molecule has 0 aliphatic rings. The van der Waals surface area contributed by atoms with Crippen LogP contribution in [0.2, 0.25) is 0 Å². The normalized spacial score (nSPS) is 11.0.